The summed E-state index contributed by atoms with van der Waals surface area (Å²) in [6, 6.07) is 7.90. The number of halogens is 1. The first kappa shape index (κ1) is 22.5. The first-order valence-electron chi connectivity index (χ1n) is 10.1. The van der Waals surface area contributed by atoms with E-state index in [0.717, 1.165) is 17.0 Å². The van der Waals surface area contributed by atoms with E-state index in [1.165, 1.54) is 19.2 Å². The number of hydrogen-bond donors (Lipinski definition) is 1. The van der Waals surface area contributed by atoms with Crippen LogP contribution in [0.5, 0.6) is 0 Å². The number of nitrogens with one attached hydrogen (secondary N) is 1. The molecule has 164 valence electrons. The molecule has 6 nitrogen and oxygen atoms in total. The second-order valence-electron chi connectivity index (χ2n) is 7.77. The van der Waals surface area contributed by atoms with E-state index in [1.54, 1.807) is 26.0 Å². The number of allylic oxidation sites excluding steroid dienone is 1. The molecule has 0 amide bonds. The third kappa shape index (κ3) is 4.76. The van der Waals surface area contributed by atoms with E-state index in [2.05, 4.69) is 9.98 Å². The molecule has 7 heteroatoms. The van der Waals surface area contributed by atoms with Crippen LogP contribution in [0.15, 0.2) is 46.6 Å². The van der Waals surface area contributed by atoms with Gasteiger partial charge in [-0.25, -0.2) is 9.18 Å². The van der Waals surface area contributed by atoms with Crippen LogP contribution in [0.25, 0.3) is 0 Å². The summed E-state index contributed by atoms with van der Waals surface area (Å²) in [7, 11) is 1.28. The van der Waals surface area contributed by atoms with E-state index in [4.69, 9.17) is 9.47 Å². The van der Waals surface area contributed by atoms with Gasteiger partial charge in [0.15, 0.2) is 0 Å². The smallest absolute Gasteiger partial charge is 0.336 e. The molecule has 1 aliphatic rings. The van der Waals surface area contributed by atoms with Crippen molar-refractivity contribution in [1.82, 2.24) is 4.98 Å². The summed E-state index contributed by atoms with van der Waals surface area (Å²) in [6.07, 6.45) is 0.557. The quantitative estimate of drug-likeness (QED) is 0.703. The lowest BCUT2D eigenvalue weighted by molar-refractivity contribution is -0.144. The van der Waals surface area contributed by atoms with Gasteiger partial charge < -0.3 is 14.5 Å². The Labute approximate surface area is 181 Å². The van der Waals surface area contributed by atoms with Gasteiger partial charge in [0, 0.05) is 35.1 Å². The van der Waals surface area contributed by atoms with Crippen molar-refractivity contribution in [3.8, 4) is 0 Å². The van der Waals surface area contributed by atoms with Crippen molar-refractivity contribution in [3.05, 3.63) is 69.9 Å². The standard InChI is InChI=1S/C24H27FN2O4/c1-13-11-17(14(2)26-13)9-10-31-24(29)21-16(4)27-15(3)20(23(28)30-5)22(21)18-7-6-8-19(25)12-18/h6-8,11-12,20,22,26H,9-10H2,1-5H3. The fourth-order valence-electron chi connectivity index (χ4n) is 4.17. The highest BCUT2D eigenvalue weighted by atomic mass is 19.1. The SMILES string of the molecule is COC(=O)C1C(C)=NC(C)=C(C(=O)OCCc2cc(C)[nH]c2C)C1c1cccc(F)c1. The van der Waals surface area contributed by atoms with Crippen LogP contribution in [0.4, 0.5) is 4.39 Å². The number of nitrogens with zero attached hydrogens (tertiary/aromatic N) is 1. The van der Waals surface area contributed by atoms with Crippen LogP contribution in [0.1, 0.15) is 42.3 Å². The van der Waals surface area contributed by atoms with Gasteiger partial charge in [0.25, 0.3) is 0 Å². The molecule has 1 aromatic heterocycles. The normalized spacial score (nSPS) is 18.6. The summed E-state index contributed by atoms with van der Waals surface area (Å²) in [5.41, 5.74) is 4.84. The highest BCUT2D eigenvalue weighted by Crippen LogP contribution is 2.40. The van der Waals surface area contributed by atoms with Crippen LogP contribution in [0.3, 0.4) is 0 Å². The van der Waals surface area contributed by atoms with Crippen molar-refractivity contribution in [3.63, 3.8) is 0 Å². The van der Waals surface area contributed by atoms with Crippen LogP contribution in [0, 0.1) is 25.6 Å². The van der Waals surface area contributed by atoms with Gasteiger partial charge in [-0.2, -0.15) is 0 Å². The molecule has 0 saturated heterocycles. The molecule has 31 heavy (non-hydrogen) atoms. The van der Waals surface area contributed by atoms with Gasteiger partial charge in [0.1, 0.15) is 11.7 Å². The molecule has 0 aliphatic carbocycles. The number of aryl methyl sites for hydroxylation is 2. The maximum absolute atomic E-state index is 14.0. The van der Waals surface area contributed by atoms with Crippen LogP contribution in [0.2, 0.25) is 0 Å². The minimum atomic E-state index is -0.840. The topological polar surface area (TPSA) is 80.8 Å². The Balaban J connectivity index is 1.91. The summed E-state index contributed by atoms with van der Waals surface area (Å²) in [5, 5.41) is 0. The molecular weight excluding hydrogens is 399 g/mol. The predicted octanol–water partition coefficient (Wildman–Crippen LogP) is 4.18. The molecular formula is C24H27FN2O4. The average Bonchev–Trinajstić information content (AvgIpc) is 3.03. The highest BCUT2D eigenvalue weighted by molar-refractivity contribution is 6.06. The van der Waals surface area contributed by atoms with Gasteiger partial charge in [0.2, 0.25) is 0 Å². The van der Waals surface area contributed by atoms with E-state index in [1.807, 2.05) is 19.9 Å². The largest absolute Gasteiger partial charge is 0.468 e. The molecule has 2 aromatic rings. The molecule has 3 rings (SSSR count). The zero-order chi connectivity index (χ0) is 22.7. The summed E-state index contributed by atoms with van der Waals surface area (Å²) >= 11 is 0. The van der Waals surface area contributed by atoms with Gasteiger partial charge in [-0.3, -0.25) is 9.79 Å². The van der Waals surface area contributed by atoms with E-state index in [9.17, 15) is 14.0 Å². The number of hydrogen-bond acceptors (Lipinski definition) is 5. The Morgan fingerprint density at radius 1 is 1.16 bits per heavy atom. The van der Waals surface area contributed by atoms with Gasteiger partial charge in [-0.05, 0) is 57.0 Å². The van der Waals surface area contributed by atoms with Gasteiger partial charge >= 0.3 is 11.9 Å². The Bertz CT molecular complexity index is 1070. The molecule has 1 N–H and O–H groups in total. The molecule has 0 saturated carbocycles. The van der Waals surface area contributed by atoms with Gasteiger partial charge in [-0.1, -0.05) is 12.1 Å². The number of aromatic nitrogens is 1. The lowest BCUT2D eigenvalue weighted by Crippen LogP contribution is -2.36. The third-order valence-corrected chi connectivity index (χ3v) is 5.57. The molecule has 0 spiro atoms. The molecule has 2 atom stereocenters. The minimum Gasteiger partial charge on any atom is -0.468 e. The van der Waals surface area contributed by atoms with E-state index in [-0.39, 0.29) is 12.2 Å². The van der Waals surface area contributed by atoms with Gasteiger partial charge in [0.05, 0.1) is 19.3 Å². The number of carbonyl (C=O) groups excluding carboxylic acids is 2. The van der Waals surface area contributed by atoms with E-state index in [0.29, 0.717) is 23.4 Å². The van der Waals surface area contributed by atoms with Gasteiger partial charge in [-0.15, -0.1) is 0 Å². The fraction of sp³-hybridized carbons (Fsp3) is 0.375. The van der Waals surface area contributed by atoms with Crippen molar-refractivity contribution in [1.29, 1.82) is 0 Å². The summed E-state index contributed by atoms with van der Waals surface area (Å²) in [6.45, 7) is 7.51. The molecule has 1 aromatic carbocycles. The van der Waals surface area contributed by atoms with Crippen molar-refractivity contribution < 1.29 is 23.5 Å². The number of benzene rings is 1. The molecule has 2 unspecified atom stereocenters. The van der Waals surface area contributed by atoms with E-state index >= 15 is 0 Å². The first-order valence-corrected chi connectivity index (χ1v) is 10.1. The minimum absolute atomic E-state index is 0.176. The van der Waals surface area contributed by atoms with E-state index < -0.39 is 29.6 Å². The Hall–Kier alpha value is -3.22. The number of H-pyrrole nitrogens is 1. The number of aliphatic imine (C=N–C) groups is 1. The lowest BCUT2D eigenvalue weighted by atomic mass is 9.75. The average molecular weight is 426 g/mol. The van der Waals surface area contributed by atoms with Crippen LogP contribution < -0.4 is 0 Å². The molecule has 1 aliphatic heterocycles. The maximum Gasteiger partial charge on any atom is 0.336 e. The molecule has 0 bridgehead atoms. The number of carbonyl (C=O) groups is 2. The monoisotopic (exact) mass is 426 g/mol. The summed E-state index contributed by atoms with van der Waals surface area (Å²) in [4.78, 5) is 33.3. The lowest BCUT2D eigenvalue weighted by Gasteiger charge is -2.31. The second-order valence-corrected chi connectivity index (χ2v) is 7.77. The van der Waals surface area contributed by atoms with Crippen LogP contribution in [-0.4, -0.2) is 36.4 Å². The first-order chi connectivity index (χ1) is 14.7. The molecule has 0 fully saturated rings. The molecule has 0 radical (unpaired) electrons. The fourth-order valence-corrected chi connectivity index (χ4v) is 4.17. The van der Waals surface area contributed by atoms with Crippen LogP contribution >= 0.6 is 0 Å². The number of rotatable bonds is 6. The highest BCUT2D eigenvalue weighted by Gasteiger charge is 2.42. The summed E-state index contributed by atoms with van der Waals surface area (Å²) < 4.78 is 24.5. The second kappa shape index (κ2) is 9.29. The van der Waals surface area contributed by atoms with Crippen LogP contribution in [-0.2, 0) is 25.5 Å². The number of ether oxygens (including phenoxy) is 2. The predicted molar refractivity (Wildman–Crippen MR) is 115 cm³/mol. The third-order valence-electron chi connectivity index (χ3n) is 5.57. The molecule has 2 heterocycles. The van der Waals surface area contributed by atoms with Crippen molar-refractivity contribution in [2.45, 2.75) is 40.0 Å². The Kier molecular flexibility index (Phi) is 6.73. The number of methoxy groups -OCH3 is 1. The van der Waals surface area contributed by atoms with Crippen molar-refractivity contribution in [2.24, 2.45) is 10.9 Å². The summed E-state index contributed by atoms with van der Waals surface area (Å²) in [5.74, 6) is -3.14. The Morgan fingerprint density at radius 2 is 1.90 bits per heavy atom. The maximum atomic E-state index is 14.0. The zero-order valence-electron chi connectivity index (χ0n) is 18.4. The number of esters is 2. The van der Waals surface area contributed by atoms with Crippen molar-refractivity contribution in [2.75, 3.05) is 13.7 Å². The zero-order valence-corrected chi connectivity index (χ0v) is 18.4. The Morgan fingerprint density at radius 3 is 2.52 bits per heavy atom. The van der Waals surface area contributed by atoms with Crippen molar-refractivity contribution >= 4 is 17.7 Å². The number of aromatic amines is 1.